The molecule has 0 aliphatic carbocycles. The number of hydrogen-bond donors (Lipinski definition) is 1. The molecule has 5 saturated heterocycles. The van der Waals surface area contributed by atoms with Crippen molar-refractivity contribution in [2.45, 2.75) is 134 Å². The molecule has 12 nitrogen and oxygen atoms in total. The Balaban J connectivity index is 0.855. The zero-order valence-corrected chi connectivity index (χ0v) is 44.2. The van der Waals surface area contributed by atoms with Crippen LogP contribution in [-0.4, -0.2) is 115 Å². The first-order valence-corrected chi connectivity index (χ1v) is 28.4. The lowest BCUT2D eigenvalue weighted by Crippen LogP contribution is -2.59. The number of piperidine rings is 5. The largest absolute Gasteiger partial charge is 0.357 e. The van der Waals surface area contributed by atoms with Crippen LogP contribution in [0.2, 0.25) is 10.0 Å². The second-order valence-electron chi connectivity index (χ2n) is 22.2. The molecule has 5 aliphatic heterocycles. The van der Waals surface area contributed by atoms with Crippen LogP contribution in [0.15, 0.2) is 66.9 Å². The van der Waals surface area contributed by atoms with Crippen LogP contribution < -0.4 is 10.2 Å². The van der Waals surface area contributed by atoms with Gasteiger partial charge in [0.2, 0.25) is 23.6 Å². The van der Waals surface area contributed by atoms with Crippen molar-refractivity contribution in [3.63, 3.8) is 0 Å². The van der Waals surface area contributed by atoms with E-state index in [4.69, 9.17) is 23.2 Å². The summed E-state index contributed by atoms with van der Waals surface area (Å²) in [5.41, 5.74) is 1.64. The number of carbonyl (C=O) groups excluding carboxylic acids is 4. The molecule has 4 amide bonds. The van der Waals surface area contributed by atoms with Gasteiger partial charge in [0.1, 0.15) is 5.82 Å². The highest BCUT2D eigenvalue weighted by Crippen LogP contribution is 2.53. The molecule has 6 heterocycles. The minimum Gasteiger partial charge on any atom is -0.357 e. The summed E-state index contributed by atoms with van der Waals surface area (Å²) < 4.78 is 27.4. The number of nitrogens with one attached hydrogen (secondary N) is 1. The second kappa shape index (κ2) is 22.4. The molecule has 3 aromatic rings. The highest BCUT2D eigenvalue weighted by molar-refractivity contribution is 7.92. The van der Waals surface area contributed by atoms with E-state index in [2.05, 4.69) is 20.1 Å². The van der Waals surface area contributed by atoms with Crippen molar-refractivity contribution >= 4 is 62.5 Å². The van der Waals surface area contributed by atoms with Crippen LogP contribution in [0.4, 0.5) is 5.82 Å². The van der Waals surface area contributed by atoms with E-state index >= 15 is 4.79 Å². The third-order valence-corrected chi connectivity index (χ3v) is 19.3. The lowest BCUT2D eigenvalue weighted by atomic mass is 9.66. The highest BCUT2D eigenvalue weighted by Gasteiger charge is 2.54. The Kier molecular flexibility index (Phi) is 16.7. The molecule has 1 N–H and O–H groups in total. The number of pyridine rings is 1. The number of nitrogens with zero attached hydrogens (tertiary/aromatic N) is 5. The number of likely N-dealkylation sites (tertiary alicyclic amines) is 3. The molecule has 0 spiro atoms. The van der Waals surface area contributed by atoms with Gasteiger partial charge in [-0.15, -0.1) is 0 Å². The summed E-state index contributed by atoms with van der Waals surface area (Å²) in [4.78, 5) is 67.5. The average molecular weight is 1020 g/mol. The maximum absolute atomic E-state index is 15.4. The summed E-state index contributed by atoms with van der Waals surface area (Å²) in [7, 11) is -3.57. The van der Waals surface area contributed by atoms with Gasteiger partial charge in [-0.05, 0) is 161 Å². The number of aromatic nitrogens is 1. The first-order chi connectivity index (χ1) is 33.4. The van der Waals surface area contributed by atoms with Crippen molar-refractivity contribution in [3.8, 4) is 0 Å². The van der Waals surface area contributed by atoms with E-state index < -0.39 is 32.6 Å². The smallest absolute Gasteiger partial charge is 0.234 e. The molecule has 70 heavy (non-hydrogen) atoms. The lowest BCUT2D eigenvalue weighted by Gasteiger charge is -2.53. The molecular weight excluding hydrogens is 944 g/mol. The van der Waals surface area contributed by atoms with Gasteiger partial charge >= 0.3 is 0 Å². The van der Waals surface area contributed by atoms with Gasteiger partial charge in [0.25, 0.3) is 0 Å². The first-order valence-electron chi connectivity index (χ1n) is 26.0. The van der Waals surface area contributed by atoms with E-state index in [0.29, 0.717) is 60.2 Å². The van der Waals surface area contributed by atoms with Crippen molar-refractivity contribution in [2.75, 3.05) is 56.5 Å². The zero-order chi connectivity index (χ0) is 49.9. The minimum absolute atomic E-state index is 0.0175. The van der Waals surface area contributed by atoms with Crippen molar-refractivity contribution in [2.24, 2.45) is 29.1 Å². The molecule has 0 saturated carbocycles. The molecular formula is C55H74Cl2N6O6S. The molecule has 0 radical (unpaired) electrons. The van der Waals surface area contributed by atoms with E-state index in [-0.39, 0.29) is 53.6 Å². The van der Waals surface area contributed by atoms with Gasteiger partial charge in [-0.2, -0.15) is 0 Å². The summed E-state index contributed by atoms with van der Waals surface area (Å²) >= 11 is 13.0. The van der Waals surface area contributed by atoms with Crippen molar-refractivity contribution < 1.29 is 27.6 Å². The number of anilines is 1. The van der Waals surface area contributed by atoms with Gasteiger partial charge in [-0.1, -0.05) is 68.2 Å². The van der Waals surface area contributed by atoms with E-state index in [0.717, 1.165) is 80.9 Å². The van der Waals surface area contributed by atoms with Crippen LogP contribution in [0, 0.1) is 29.1 Å². The van der Waals surface area contributed by atoms with E-state index in [9.17, 15) is 22.8 Å². The Morgan fingerprint density at radius 3 is 2.07 bits per heavy atom. The summed E-state index contributed by atoms with van der Waals surface area (Å²) in [6.45, 7) is 15.9. The number of amides is 4. The van der Waals surface area contributed by atoms with Crippen molar-refractivity contribution in [3.05, 3.63) is 93.6 Å². The number of hydrogen-bond acceptors (Lipinski definition) is 9. The molecule has 2 aromatic carbocycles. The summed E-state index contributed by atoms with van der Waals surface area (Å²) in [6.07, 6.45) is 10.9. The predicted molar refractivity (Wildman–Crippen MR) is 278 cm³/mol. The van der Waals surface area contributed by atoms with Crippen LogP contribution in [0.5, 0.6) is 0 Å². The SMILES string of the molecule is CC(C)[C@H](CS(=O)(=O)C(C)C)N1C(=O)[C@](C)(CC(=O)N2CCC(CC3CCN(CC4CCN(c5cc(C6CCC(=O)NC6=O)ccn5)CC4)CC3)CC2)C[C@@H](c2cccc(Cl)c2)[C@@H]1c1ccc(Cl)cc1. The minimum atomic E-state index is -3.57. The topological polar surface area (TPSA) is 140 Å². The Morgan fingerprint density at radius 1 is 0.786 bits per heavy atom. The molecule has 1 aromatic heterocycles. The zero-order valence-electron chi connectivity index (χ0n) is 41.8. The van der Waals surface area contributed by atoms with Gasteiger partial charge in [0, 0.05) is 73.8 Å². The van der Waals surface area contributed by atoms with E-state index in [1.165, 1.54) is 19.3 Å². The van der Waals surface area contributed by atoms with Gasteiger partial charge < -0.3 is 19.6 Å². The van der Waals surface area contributed by atoms with Crippen molar-refractivity contribution in [1.29, 1.82) is 0 Å². The highest BCUT2D eigenvalue weighted by atomic mass is 35.5. The van der Waals surface area contributed by atoms with Crippen LogP contribution in [0.3, 0.4) is 0 Å². The molecule has 5 atom stereocenters. The van der Waals surface area contributed by atoms with Crippen LogP contribution in [0.1, 0.15) is 140 Å². The number of halogens is 2. The van der Waals surface area contributed by atoms with Crippen molar-refractivity contribution in [1.82, 2.24) is 25.0 Å². The number of rotatable bonds is 15. The maximum atomic E-state index is 15.4. The third kappa shape index (κ3) is 12.2. The Hall–Kier alpha value is -4.04. The fraction of sp³-hybridized carbons (Fsp3) is 0.618. The van der Waals surface area contributed by atoms with Crippen LogP contribution >= 0.6 is 23.2 Å². The maximum Gasteiger partial charge on any atom is 0.234 e. The second-order valence-corrected chi connectivity index (χ2v) is 25.7. The summed E-state index contributed by atoms with van der Waals surface area (Å²) in [5.74, 6) is 1.25. The molecule has 380 valence electrons. The monoisotopic (exact) mass is 1020 g/mol. The first kappa shape index (κ1) is 52.3. The predicted octanol–water partition coefficient (Wildman–Crippen LogP) is 9.47. The number of imide groups is 1. The van der Waals surface area contributed by atoms with E-state index in [1.807, 2.05) is 91.2 Å². The molecule has 5 fully saturated rings. The number of carbonyl (C=O) groups is 4. The standard InChI is InChI=1S/C55H74Cl2N6O6S/c1-36(2)48(35-70(68,69)37(3)4)63-52(41-9-11-44(56)12-10-41)47(42-7-6-8-45(57)30-42)32-55(5,54(63)67)33-51(65)62-27-18-39(19-28-62)29-38-16-23-60(24-17-38)34-40-20-25-61(26-21-40)49-31-43(15-22-58-49)46-13-14-50(64)59-53(46)66/h6-12,15,22,30-31,36-40,46-48,52H,13-14,16-21,23-29,32-35H2,1-5H3,(H,59,64,66)/t46?,47-,48-,52-,55-/m0/s1. The molecule has 8 rings (SSSR count). The quantitative estimate of drug-likeness (QED) is 0.148. The molecule has 5 aliphatic rings. The molecule has 1 unspecified atom stereocenters. The number of sulfone groups is 1. The summed E-state index contributed by atoms with van der Waals surface area (Å²) in [6, 6.07) is 18.0. The molecule has 0 bridgehead atoms. The normalized spacial score (nSPS) is 25.5. The fourth-order valence-electron chi connectivity index (χ4n) is 12.2. The Bertz CT molecular complexity index is 2450. The Morgan fingerprint density at radius 2 is 1.44 bits per heavy atom. The Labute approximate surface area is 426 Å². The third-order valence-electron chi connectivity index (χ3n) is 16.6. The number of benzene rings is 2. The fourth-order valence-corrected chi connectivity index (χ4v) is 14.0. The van der Waals surface area contributed by atoms with Crippen LogP contribution in [-0.2, 0) is 29.0 Å². The van der Waals surface area contributed by atoms with Gasteiger partial charge in [0.15, 0.2) is 9.84 Å². The lowest BCUT2D eigenvalue weighted by molar-refractivity contribution is -0.159. The average Bonchev–Trinajstić information content (AvgIpc) is 3.33. The van der Waals surface area contributed by atoms with E-state index in [1.54, 1.807) is 20.0 Å². The molecule has 15 heteroatoms. The van der Waals surface area contributed by atoms with Gasteiger partial charge in [-0.25, -0.2) is 13.4 Å². The summed E-state index contributed by atoms with van der Waals surface area (Å²) in [5, 5.41) is 3.01. The van der Waals surface area contributed by atoms with Gasteiger partial charge in [-0.3, -0.25) is 24.5 Å². The van der Waals surface area contributed by atoms with Crippen LogP contribution in [0.25, 0.3) is 0 Å². The van der Waals surface area contributed by atoms with Gasteiger partial charge in [0.05, 0.1) is 28.4 Å².